The second-order valence-electron chi connectivity index (χ2n) is 6.32. The zero-order valence-corrected chi connectivity index (χ0v) is 11.7. The summed E-state index contributed by atoms with van der Waals surface area (Å²) in [5.41, 5.74) is 0.668. The van der Waals surface area contributed by atoms with Crippen LogP contribution in [-0.2, 0) is 4.74 Å². The van der Waals surface area contributed by atoms with Gasteiger partial charge in [0, 0.05) is 12.3 Å². The maximum atomic E-state index is 10.6. The van der Waals surface area contributed by atoms with Crippen LogP contribution in [0.2, 0.25) is 0 Å². The number of fused-ring (bicyclic) bond motifs is 1. The van der Waals surface area contributed by atoms with E-state index in [4.69, 9.17) is 4.74 Å². The Balaban J connectivity index is 2.20. The molecule has 0 aromatic heterocycles. The molecule has 0 spiro atoms. The Morgan fingerprint density at radius 2 is 2.17 bits per heavy atom. The summed E-state index contributed by atoms with van der Waals surface area (Å²) in [5.74, 6) is 0.425. The molecule has 2 aliphatic rings. The van der Waals surface area contributed by atoms with E-state index < -0.39 is 11.9 Å². The Kier molecular flexibility index (Phi) is 4.15. The van der Waals surface area contributed by atoms with E-state index >= 15 is 0 Å². The molecule has 104 valence electrons. The van der Waals surface area contributed by atoms with Gasteiger partial charge in [0.05, 0.1) is 11.7 Å². The van der Waals surface area contributed by atoms with Crippen LogP contribution in [0.25, 0.3) is 0 Å². The number of hydrogen-bond donors (Lipinski definition) is 2. The molecule has 1 aliphatic heterocycles. The molecular weight excluding hydrogens is 228 g/mol. The highest BCUT2D eigenvalue weighted by atomic mass is 16.6. The Hall–Kier alpha value is -0.380. The van der Waals surface area contributed by atoms with Crippen molar-refractivity contribution in [3.05, 3.63) is 11.6 Å². The molecule has 3 nitrogen and oxygen atoms in total. The fourth-order valence-electron chi connectivity index (χ4n) is 3.26. The van der Waals surface area contributed by atoms with Gasteiger partial charge in [-0.2, -0.15) is 0 Å². The molecule has 0 aromatic rings. The molecule has 0 radical (unpaired) electrons. The smallest absolute Gasteiger partial charge is 0.155 e. The monoisotopic (exact) mass is 254 g/mol. The van der Waals surface area contributed by atoms with Crippen LogP contribution in [0.3, 0.4) is 0 Å². The normalized spacial score (nSPS) is 49.3. The lowest BCUT2D eigenvalue weighted by Crippen LogP contribution is -2.42. The molecule has 0 amide bonds. The number of allylic oxidation sites excluding steroid dienone is 2. The topological polar surface area (TPSA) is 49.7 Å². The fourth-order valence-corrected chi connectivity index (χ4v) is 3.26. The number of aliphatic hydroxyl groups excluding tert-OH is 1. The minimum Gasteiger partial charge on any atom is -0.390 e. The minimum atomic E-state index is -0.721. The summed E-state index contributed by atoms with van der Waals surface area (Å²) in [5, 5.41) is 20.3. The van der Waals surface area contributed by atoms with Gasteiger partial charge in [0.1, 0.15) is 0 Å². The van der Waals surface area contributed by atoms with Crippen molar-refractivity contribution in [3.8, 4) is 0 Å². The van der Waals surface area contributed by atoms with Crippen molar-refractivity contribution in [2.24, 2.45) is 11.8 Å². The van der Waals surface area contributed by atoms with E-state index in [2.05, 4.69) is 13.0 Å². The molecule has 0 aromatic carbocycles. The van der Waals surface area contributed by atoms with E-state index in [0.717, 1.165) is 25.7 Å². The van der Waals surface area contributed by atoms with Crippen LogP contribution in [0.15, 0.2) is 11.6 Å². The van der Waals surface area contributed by atoms with Crippen LogP contribution in [-0.4, -0.2) is 28.2 Å². The van der Waals surface area contributed by atoms with Crippen LogP contribution in [0.4, 0.5) is 0 Å². The maximum Gasteiger partial charge on any atom is 0.155 e. The number of rotatable bonds is 0. The van der Waals surface area contributed by atoms with Gasteiger partial charge in [-0.1, -0.05) is 18.6 Å². The highest BCUT2D eigenvalue weighted by Crippen LogP contribution is 2.40. The number of aliphatic hydroxyl groups is 2. The Morgan fingerprint density at radius 1 is 1.44 bits per heavy atom. The van der Waals surface area contributed by atoms with Gasteiger partial charge >= 0.3 is 0 Å². The zero-order valence-electron chi connectivity index (χ0n) is 11.7. The highest BCUT2D eigenvalue weighted by molar-refractivity contribution is 5.02. The highest BCUT2D eigenvalue weighted by Gasteiger charge is 2.43. The molecule has 1 aliphatic carbocycles. The van der Waals surface area contributed by atoms with Crippen molar-refractivity contribution in [2.45, 2.75) is 70.9 Å². The van der Waals surface area contributed by atoms with E-state index in [1.165, 1.54) is 5.57 Å². The Labute approximate surface area is 110 Å². The molecule has 5 atom stereocenters. The van der Waals surface area contributed by atoms with Crippen LogP contribution in [0.1, 0.15) is 52.9 Å². The molecule has 1 fully saturated rings. The predicted molar refractivity (Wildman–Crippen MR) is 71.0 cm³/mol. The summed E-state index contributed by atoms with van der Waals surface area (Å²) in [6.07, 6.45) is 6.09. The molecule has 1 heterocycles. The van der Waals surface area contributed by atoms with E-state index in [9.17, 15) is 10.2 Å². The zero-order chi connectivity index (χ0) is 13.3. The average molecular weight is 254 g/mol. The van der Waals surface area contributed by atoms with Gasteiger partial charge in [-0.05, 0) is 45.4 Å². The predicted octanol–water partition coefficient (Wildman–Crippen LogP) is 2.62. The third kappa shape index (κ3) is 2.95. The summed E-state index contributed by atoms with van der Waals surface area (Å²) in [6.45, 7) is 6.10. The first-order valence-corrected chi connectivity index (χ1v) is 7.11. The Bertz CT molecular complexity index is 322. The van der Waals surface area contributed by atoms with Gasteiger partial charge in [0.2, 0.25) is 0 Å². The van der Waals surface area contributed by atoms with Crippen molar-refractivity contribution in [1.29, 1.82) is 0 Å². The van der Waals surface area contributed by atoms with Crippen LogP contribution >= 0.6 is 0 Å². The lowest BCUT2D eigenvalue weighted by atomic mass is 9.76. The van der Waals surface area contributed by atoms with E-state index in [-0.39, 0.29) is 12.0 Å². The standard InChI is InChI=1S/C15H26O3/c1-10-5-4-8-15(3,17)11(2)14-12(7-6-10)9-13(16)18-14/h5,11-14,16-17H,4,6-9H2,1-3H3/b10-5+/t11-,12-,13?,14+,15+/m0/s1. The van der Waals surface area contributed by atoms with Gasteiger partial charge in [-0.25, -0.2) is 0 Å². The Morgan fingerprint density at radius 3 is 2.89 bits per heavy atom. The molecule has 18 heavy (non-hydrogen) atoms. The molecule has 1 saturated heterocycles. The van der Waals surface area contributed by atoms with Crippen LogP contribution in [0, 0.1) is 11.8 Å². The summed E-state index contributed by atoms with van der Waals surface area (Å²) >= 11 is 0. The third-order valence-electron chi connectivity index (χ3n) is 4.81. The lowest BCUT2D eigenvalue weighted by Gasteiger charge is -2.36. The molecule has 0 saturated carbocycles. The quantitative estimate of drug-likeness (QED) is 0.653. The largest absolute Gasteiger partial charge is 0.390 e. The van der Waals surface area contributed by atoms with E-state index in [1.54, 1.807) is 0 Å². The number of hydrogen-bond acceptors (Lipinski definition) is 3. The molecule has 2 rings (SSSR count). The van der Waals surface area contributed by atoms with Crippen molar-refractivity contribution < 1.29 is 14.9 Å². The summed E-state index contributed by atoms with van der Waals surface area (Å²) < 4.78 is 5.66. The van der Waals surface area contributed by atoms with E-state index in [0.29, 0.717) is 12.3 Å². The third-order valence-corrected chi connectivity index (χ3v) is 4.81. The summed E-state index contributed by atoms with van der Waals surface area (Å²) in [6, 6.07) is 0. The molecule has 0 bridgehead atoms. The van der Waals surface area contributed by atoms with Gasteiger partial charge in [-0.15, -0.1) is 0 Å². The van der Waals surface area contributed by atoms with Gasteiger partial charge in [0.15, 0.2) is 6.29 Å². The van der Waals surface area contributed by atoms with Crippen molar-refractivity contribution in [2.75, 3.05) is 0 Å². The molecule has 2 N–H and O–H groups in total. The second-order valence-corrected chi connectivity index (χ2v) is 6.32. The maximum absolute atomic E-state index is 10.6. The fraction of sp³-hybridized carbons (Fsp3) is 0.867. The molecular formula is C15H26O3. The first-order valence-electron chi connectivity index (χ1n) is 7.11. The SMILES string of the molecule is C/C1=C\CC[C@@](C)(O)[C@@H](C)[C@H]2OC(O)C[C@@H]2CC1. The first kappa shape index (κ1) is 14.0. The van der Waals surface area contributed by atoms with Crippen molar-refractivity contribution in [3.63, 3.8) is 0 Å². The van der Waals surface area contributed by atoms with Gasteiger partial charge in [0.25, 0.3) is 0 Å². The van der Waals surface area contributed by atoms with Crippen LogP contribution < -0.4 is 0 Å². The molecule has 3 heteroatoms. The second kappa shape index (κ2) is 5.32. The van der Waals surface area contributed by atoms with E-state index in [1.807, 2.05) is 13.8 Å². The van der Waals surface area contributed by atoms with Crippen molar-refractivity contribution in [1.82, 2.24) is 0 Å². The van der Waals surface area contributed by atoms with Crippen molar-refractivity contribution >= 4 is 0 Å². The minimum absolute atomic E-state index is 0.0131. The number of ether oxygens (including phenoxy) is 1. The van der Waals surface area contributed by atoms with Gasteiger partial charge in [-0.3, -0.25) is 0 Å². The summed E-state index contributed by atoms with van der Waals surface area (Å²) in [4.78, 5) is 0. The average Bonchev–Trinajstić information content (AvgIpc) is 2.65. The molecule has 1 unspecified atom stereocenters. The lowest BCUT2D eigenvalue weighted by molar-refractivity contribution is -0.138. The summed E-state index contributed by atoms with van der Waals surface area (Å²) in [7, 11) is 0. The van der Waals surface area contributed by atoms with Gasteiger partial charge < -0.3 is 14.9 Å². The first-order chi connectivity index (χ1) is 8.40. The van der Waals surface area contributed by atoms with Crippen LogP contribution in [0.5, 0.6) is 0 Å².